The number of carbonyl (C=O) groups is 4. The highest BCUT2D eigenvalue weighted by Crippen LogP contribution is 2.35. The number of urea groups is 1. The largest absolute Gasteiger partial charge is 0.467 e. The third-order valence-corrected chi connectivity index (χ3v) is 5.02. The van der Waals surface area contributed by atoms with Crippen LogP contribution in [0.5, 0.6) is 0 Å². The second kappa shape index (κ2) is 8.51. The normalized spacial score (nSPS) is 19.8. The van der Waals surface area contributed by atoms with Crippen molar-refractivity contribution in [3.63, 3.8) is 0 Å². The van der Waals surface area contributed by atoms with Crippen LogP contribution in [0.3, 0.4) is 0 Å². The van der Waals surface area contributed by atoms with E-state index in [9.17, 15) is 19.2 Å². The topological polar surface area (TPSA) is 105 Å². The van der Waals surface area contributed by atoms with Gasteiger partial charge in [0.1, 0.15) is 11.6 Å². The standard InChI is InChI=1S/C18H29N3O5/c1-12(2)11-13(15(23)26-3)19-14(22)7-6-10-21-16(24)18(20-17(21)25)8-4-5-9-18/h12-13H,4-11H2,1-3H3,(H,19,22)(H,20,25)/t13-/m0/s1. The van der Waals surface area contributed by atoms with Gasteiger partial charge in [0.2, 0.25) is 5.91 Å². The smallest absolute Gasteiger partial charge is 0.328 e. The van der Waals surface area contributed by atoms with Gasteiger partial charge in [-0.25, -0.2) is 9.59 Å². The predicted octanol–water partition coefficient (Wildman–Crippen LogP) is 1.34. The fraction of sp³-hybridized carbons (Fsp3) is 0.778. The van der Waals surface area contributed by atoms with E-state index in [2.05, 4.69) is 10.6 Å². The highest BCUT2D eigenvalue weighted by Gasteiger charge is 2.52. The molecule has 0 aromatic carbocycles. The molecular formula is C18H29N3O5. The molecule has 26 heavy (non-hydrogen) atoms. The second-order valence-corrected chi connectivity index (χ2v) is 7.55. The fourth-order valence-corrected chi connectivity index (χ4v) is 3.69. The minimum atomic E-state index is -0.716. The monoisotopic (exact) mass is 367 g/mol. The molecule has 2 aliphatic rings. The summed E-state index contributed by atoms with van der Waals surface area (Å²) in [6.45, 7) is 4.12. The van der Waals surface area contributed by atoms with E-state index in [0.29, 0.717) is 25.7 Å². The van der Waals surface area contributed by atoms with Crippen molar-refractivity contribution in [2.45, 2.75) is 70.4 Å². The Morgan fingerprint density at radius 1 is 1.27 bits per heavy atom. The Morgan fingerprint density at radius 3 is 2.50 bits per heavy atom. The molecule has 1 atom stereocenters. The first kappa shape index (κ1) is 20.2. The Labute approximate surface area is 154 Å². The third-order valence-electron chi connectivity index (χ3n) is 5.02. The molecule has 1 aliphatic carbocycles. The van der Waals surface area contributed by atoms with Crippen molar-refractivity contribution >= 4 is 23.8 Å². The van der Waals surface area contributed by atoms with Crippen molar-refractivity contribution < 1.29 is 23.9 Å². The lowest BCUT2D eigenvalue weighted by Gasteiger charge is -2.20. The summed E-state index contributed by atoms with van der Waals surface area (Å²) in [7, 11) is 1.29. The molecular weight excluding hydrogens is 338 g/mol. The van der Waals surface area contributed by atoms with Gasteiger partial charge < -0.3 is 15.4 Å². The first-order valence-electron chi connectivity index (χ1n) is 9.30. The zero-order chi connectivity index (χ0) is 19.3. The average Bonchev–Trinajstić information content (AvgIpc) is 3.13. The van der Waals surface area contributed by atoms with Crippen LogP contribution in [0.1, 0.15) is 58.8 Å². The number of hydrogen-bond donors (Lipinski definition) is 2. The first-order chi connectivity index (χ1) is 12.3. The average molecular weight is 367 g/mol. The Kier molecular flexibility index (Phi) is 6.61. The van der Waals surface area contributed by atoms with Gasteiger partial charge in [-0.2, -0.15) is 0 Å². The lowest BCUT2D eigenvalue weighted by molar-refractivity contribution is -0.145. The summed E-state index contributed by atoms with van der Waals surface area (Å²) in [5.74, 6) is -0.700. The van der Waals surface area contributed by atoms with Gasteiger partial charge in [0.15, 0.2) is 0 Å². The molecule has 2 N–H and O–H groups in total. The zero-order valence-corrected chi connectivity index (χ0v) is 15.8. The van der Waals surface area contributed by atoms with Crippen LogP contribution in [0.4, 0.5) is 4.79 Å². The molecule has 8 nitrogen and oxygen atoms in total. The van der Waals surface area contributed by atoms with Gasteiger partial charge >= 0.3 is 12.0 Å². The molecule has 0 radical (unpaired) electrons. The number of amides is 4. The van der Waals surface area contributed by atoms with E-state index in [0.717, 1.165) is 12.8 Å². The van der Waals surface area contributed by atoms with Crippen molar-refractivity contribution in [2.24, 2.45) is 5.92 Å². The van der Waals surface area contributed by atoms with Crippen molar-refractivity contribution in [3.8, 4) is 0 Å². The molecule has 146 valence electrons. The van der Waals surface area contributed by atoms with Crippen molar-refractivity contribution in [1.82, 2.24) is 15.5 Å². The molecule has 0 aromatic heterocycles. The maximum atomic E-state index is 12.5. The van der Waals surface area contributed by atoms with Crippen molar-refractivity contribution in [1.29, 1.82) is 0 Å². The SMILES string of the molecule is COC(=O)[C@H](CC(C)C)NC(=O)CCCN1C(=O)NC2(CCCC2)C1=O. The summed E-state index contributed by atoms with van der Waals surface area (Å²) in [6, 6.07) is -1.05. The Hall–Kier alpha value is -2.12. The number of hydrogen-bond acceptors (Lipinski definition) is 5. The summed E-state index contributed by atoms with van der Waals surface area (Å²) >= 11 is 0. The van der Waals surface area contributed by atoms with Crippen molar-refractivity contribution in [3.05, 3.63) is 0 Å². The molecule has 1 saturated heterocycles. The lowest BCUT2D eigenvalue weighted by atomic mass is 9.98. The predicted molar refractivity (Wildman–Crippen MR) is 94.1 cm³/mol. The number of nitrogens with zero attached hydrogens (tertiary/aromatic N) is 1. The van der Waals surface area contributed by atoms with Gasteiger partial charge in [-0.3, -0.25) is 14.5 Å². The third kappa shape index (κ3) is 4.53. The Morgan fingerprint density at radius 2 is 1.92 bits per heavy atom. The van der Waals surface area contributed by atoms with E-state index in [1.54, 1.807) is 0 Å². The van der Waals surface area contributed by atoms with Gasteiger partial charge in [0.05, 0.1) is 7.11 Å². The van der Waals surface area contributed by atoms with Gasteiger partial charge in [0.25, 0.3) is 5.91 Å². The van der Waals surface area contributed by atoms with Crippen LogP contribution >= 0.6 is 0 Å². The lowest BCUT2D eigenvalue weighted by Crippen LogP contribution is -2.44. The van der Waals surface area contributed by atoms with E-state index in [-0.39, 0.29) is 36.7 Å². The molecule has 8 heteroatoms. The van der Waals surface area contributed by atoms with Crippen LogP contribution in [0.2, 0.25) is 0 Å². The second-order valence-electron chi connectivity index (χ2n) is 7.55. The van der Waals surface area contributed by atoms with E-state index in [1.807, 2.05) is 13.8 Å². The number of rotatable bonds is 8. The zero-order valence-electron chi connectivity index (χ0n) is 15.8. The summed E-state index contributed by atoms with van der Waals surface area (Å²) in [5, 5.41) is 5.50. The number of nitrogens with one attached hydrogen (secondary N) is 2. The van der Waals surface area contributed by atoms with E-state index in [4.69, 9.17) is 4.74 Å². The summed E-state index contributed by atoms with van der Waals surface area (Å²) in [6.07, 6.45) is 4.23. The van der Waals surface area contributed by atoms with Crippen LogP contribution in [0.25, 0.3) is 0 Å². The van der Waals surface area contributed by atoms with Crippen LogP contribution in [-0.4, -0.2) is 54.0 Å². The van der Waals surface area contributed by atoms with E-state index >= 15 is 0 Å². The highest BCUT2D eigenvalue weighted by atomic mass is 16.5. The van der Waals surface area contributed by atoms with Crippen LogP contribution < -0.4 is 10.6 Å². The molecule has 1 heterocycles. The molecule has 2 fully saturated rings. The van der Waals surface area contributed by atoms with Gasteiger partial charge in [-0.15, -0.1) is 0 Å². The molecule has 1 aliphatic heterocycles. The van der Waals surface area contributed by atoms with Crippen LogP contribution in [-0.2, 0) is 19.1 Å². The molecule has 4 amide bonds. The number of esters is 1. The summed E-state index contributed by atoms with van der Waals surface area (Å²) < 4.78 is 4.72. The maximum absolute atomic E-state index is 12.5. The molecule has 0 bridgehead atoms. The van der Waals surface area contributed by atoms with E-state index in [1.165, 1.54) is 12.0 Å². The molecule has 0 aromatic rings. The summed E-state index contributed by atoms with van der Waals surface area (Å²) in [5.41, 5.74) is -0.716. The molecule has 1 spiro atoms. The van der Waals surface area contributed by atoms with Gasteiger partial charge in [-0.1, -0.05) is 26.7 Å². The molecule has 2 rings (SSSR count). The quantitative estimate of drug-likeness (QED) is 0.497. The minimum Gasteiger partial charge on any atom is -0.467 e. The summed E-state index contributed by atoms with van der Waals surface area (Å²) in [4.78, 5) is 49.7. The van der Waals surface area contributed by atoms with Gasteiger partial charge in [-0.05, 0) is 31.6 Å². The number of methoxy groups -OCH3 is 1. The maximum Gasteiger partial charge on any atom is 0.328 e. The van der Waals surface area contributed by atoms with Gasteiger partial charge in [0, 0.05) is 13.0 Å². The molecule has 0 unspecified atom stereocenters. The van der Waals surface area contributed by atoms with Crippen LogP contribution in [0, 0.1) is 5.92 Å². The first-order valence-corrected chi connectivity index (χ1v) is 9.30. The Bertz CT molecular complexity index is 569. The minimum absolute atomic E-state index is 0.135. The number of ether oxygens (including phenoxy) is 1. The van der Waals surface area contributed by atoms with Crippen molar-refractivity contribution in [2.75, 3.05) is 13.7 Å². The number of imide groups is 1. The van der Waals surface area contributed by atoms with Crippen LogP contribution in [0.15, 0.2) is 0 Å². The number of carbonyl (C=O) groups excluding carboxylic acids is 4. The fourth-order valence-electron chi connectivity index (χ4n) is 3.69. The molecule has 1 saturated carbocycles. The highest BCUT2D eigenvalue weighted by molar-refractivity contribution is 6.07. The van der Waals surface area contributed by atoms with E-state index < -0.39 is 17.6 Å². The Balaban J connectivity index is 1.81.